The largest absolute Gasteiger partial charge is 0.384 e. The molecule has 3 rings (SSSR count). The number of guanidine groups is 1. The number of hydrogen-bond donors (Lipinski definition) is 3. The van der Waals surface area contributed by atoms with E-state index in [0.29, 0.717) is 19.0 Å². The summed E-state index contributed by atoms with van der Waals surface area (Å²) < 4.78 is 1.84. The lowest BCUT2D eigenvalue weighted by Gasteiger charge is -2.25. The number of nitrogens with zero attached hydrogens (tertiary/aromatic N) is 3. The van der Waals surface area contributed by atoms with Crippen LogP contribution in [-0.2, 0) is 12.1 Å². The van der Waals surface area contributed by atoms with Crippen molar-refractivity contribution in [3.63, 3.8) is 0 Å². The Balaban J connectivity index is 0.00000300. The van der Waals surface area contributed by atoms with Crippen molar-refractivity contribution in [3.05, 3.63) is 84.2 Å². The average molecular weight is 505 g/mol. The molecular weight excluding hydrogens is 477 g/mol. The SMILES string of the molecule is CCNC(=NCc1ccccc1-n1cccn1)NCC(C)(O)c1ccccc1.I. The summed E-state index contributed by atoms with van der Waals surface area (Å²) in [5.74, 6) is 0.661. The number of aromatic nitrogens is 2. The first-order chi connectivity index (χ1) is 13.6. The van der Waals surface area contributed by atoms with E-state index >= 15 is 0 Å². The molecular formula is C22H28IN5O. The Hall–Kier alpha value is -2.39. The van der Waals surface area contributed by atoms with E-state index in [9.17, 15) is 5.11 Å². The smallest absolute Gasteiger partial charge is 0.191 e. The number of rotatable bonds is 7. The Morgan fingerprint density at radius 1 is 1.07 bits per heavy atom. The second kappa shape index (κ2) is 11.0. The maximum atomic E-state index is 10.8. The maximum Gasteiger partial charge on any atom is 0.191 e. The van der Waals surface area contributed by atoms with Crippen LogP contribution in [0, 0.1) is 0 Å². The topological polar surface area (TPSA) is 74.5 Å². The van der Waals surface area contributed by atoms with Gasteiger partial charge in [0.1, 0.15) is 5.60 Å². The van der Waals surface area contributed by atoms with Gasteiger partial charge in [0.2, 0.25) is 0 Å². The zero-order valence-corrected chi connectivity index (χ0v) is 19.1. The van der Waals surface area contributed by atoms with E-state index in [1.807, 2.05) is 78.5 Å². The van der Waals surface area contributed by atoms with Crippen LogP contribution in [0.4, 0.5) is 0 Å². The van der Waals surface area contributed by atoms with Gasteiger partial charge in [0, 0.05) is 18.9 Å². The summed E-state index contributed by atoms with van der Waals surface area (Å²) in [5.41, 5.74) is 1.94. The third kappa shape index (κ3) is 6.30. The Labute approximate surface area is 189 Å². The zero-order valence-electron chi connectivity index (χ0n) is 16.7. The summed E-state index contributed by atoms with van der Waals surface area (Å²) in [6, 6.07) is 19.6. The summed E-state index contributed by atoms with van der Waals surface area (Å²) >= 11 is 0. The molecule has 0 aliphatic carbocycles. The van der Waals surface area contributed by atoms with Gasteiger partial charge in [-0.25, -0.2) is 9.67 Å². The Kier molecular flexibility index (Phi) is 8.66. The van der Waals surface area contributed by atoms with E-state index in [1.54, 1.807) is 13.1 Å². The van der Waals surface area contributed by atoms with Gasteiger partial charge in [0.25, 0.3) is 0 Å². The Morgan fingerprint density at radius 2 is 1.79 bits per heavy atom. The van der Waals surface area contributed by atoms with Gasteiger partial charge >= 0.3 is 0 Å². The molecule has 0 saturated carbocycles. The van der Waals surface area contributed by atoms with Crippen LogP contribution >= 0.6 is 24.0 Å². The van der Waals surface area contributed by atoms with E-state index in [1.165, 1.54) is 0 Å². The highest BCUT2D eigenvalue weighted by Gasteiger charge is 2.22. The van der Waals surface area contributed by atoms with E-state index in [-0.39, 0.29) is 24.0 Å². The van der Waals surface area contributed by atoms with Gasteiger partial charge in [-0.15, -0.1) is 24.0 Å². The highest BCUT2D eigenvalue weighted by Crippen LogP contribution is 2.19. The third-order valence-electron chi connectivity index (χ3n) is 4.49. The van der Waals surface area contributed by atoms with Gasteiger partial charge in [-0.2, -0.15) is 5.10 Å². The van der Waals surface area contributed by atoms with Crippen LogP contribution < -0.4 is 10.6 Å². The van der Waals surface area contributed by atoms with Crippen LogP contribution in [0.3, 0.4) is 0 Å². The molecule has 29 heavy (non-hydrogen) atoms. The molecule has 0 spiro atoms. The fourth-order valence-corrected chi connectivity index (χ4v) is 2.94. The van der Waals surface area contributed by atoms with Gasteiger partial charge in [-0.1, -0.05) is 48.5 Å². The lowest BCUT2D eigenvalue weighted by molar-refractivity contribution is 0.0617. The van der Waals surface area contributed by atoms with Crippen LogP contribution in [0.2, 0.25) is 0 Å². The quantitative estimate of drug-likeness (QED) is 0.261. The molecule has 1 aromatic heterocycles. The van der Waals surface area contributed by atoms with Gasteiger partial charge in [-0.05, 0) is 37.1 Å². The minimum absolute atomic E-state index is 0. The highest BCUT2D eigenvalue weighted by atomic mass is 127. The molecule has 1 atom stereocenters. The Morgan fingerprint density at radius 3 is 2.48 bits per heavy atom. The van der Waals surface area contributed by atoms with E-state index in [2.05, 4.69) is 15.7 Å². The zero-order chi connectivity index (χ0) is 19.8. The minimum Gasteiger partial charge on any atom is -0.384 e. The average Bonchev–Trinajstić information content (AvgIpc) is 3.26. The van der Waals surface area contributed by atoms with Crippen molar-refractivity contribution in [3.8, 4) is 5.69 Å². The summed E-state index contributed by atoms with van der Waals surface area (Å²) in [4.78, 5) is 4.69. The number of nitrogens with one attached hydrogen (secondary N) is 2. The van der Waals surface area contributed by atoms with Gasteiger partial charge < -0.3 is 15.7 Å². The van der Waals surface area contributed by atoms with Crippen LogP contribution in [0.1, 0.15) is 25.0 Å². The Bertz CT molecular complexity index is 895. The van der Waals surface area contributed by atoms with E-state index in [4.69, 9.17) is 4.99 Å². The first kappa shape index (κ1) is 22.9. The molecule has 0 aliphatic heterocycles. The summed E-state index contributed by atoms with van der Waals surface area (Å²) in [6.07, 6.45) is 3.68. The predicted molar refractivity (Wildman–Crippen MR) is 128 cm³/mol. The molecule has 0 aliphatic rings. The molecule has 1 unspecified atom stereocenters. The van der Waals surface area contributed by atoms with Crippen molar-refractivity contribution in [2.45, 2.75) is 26.0 Å². The second-order valence-electron chi connectivity index (χ2n) is 6.77. The molecule has 6 nitrogen and oxygen atoms in total. The van der Waals surface area contributed by atoms with Crippen molar-refractivity contribution >= 4 is 29.9 Å². The molecule has 0 saturated heterocycles. The molecule has 3 aromatic rings. The molecule has 0 radical (unpaired) electrons. The first-order valence-electron chi connectivity index (χ1n) is 9.48. The summed E-state index contributed by atoms with van der Waals surface area (Å²) in [6.45, 7) is 5.40. The van der Waals surface area contributed by atoms with Gasteiger partial charge in [0.05, 0.1) is 18.8 Å². The van der Waals surface area contributed by atoms with Crippen LogP contribution in [0.15, 0.2) is 78.0 Å². The van der Waals surface area contributed by atoms with E-state index < -0.39 is 5.60 Å². The standard InChI is InChI=1S/C22H27N5O.HI/c1-3-23-21(25-17-22(2,28)19-11-5-4-6-12-19)24-16-18-10-7-8-13-20(18)27-15-9-14-26-27;/h4-15,28H,3,16-17H2,1-2H3,(H2,23,24,25);1H. The molecule has 2 aromatic carbocycles. The second-order valence-corrected chi connectivity index (χ2v) is 6.77. The van der Waals surface area contributed by atoms with Crippen molar-refractivity contribution < 1.29 is 5.11 Å². The van der Waals surface area contributed by atoms with Crippen molar-refractivity contribution in [2.75, 3.05) is 13.1 Å². The van der Waals surface area contributed by atoms with Crippen molar-refractivity contribution in [1.29, 1.82) is 0 Å². The number of para-hydroxylation sites is 1. The molecule has 3 N–H and O–H groups in total. The molecule has 1 heterocycles. The first-order valence-corrected chi connectivity index (χ1v) is 9.48. The van der Waals surface area contributed by atoms with Gasteiger partial charge in [0.15, 0.2) is 5.96 Å². The number of halogens is 1. The number of benzene rings is 2. The minimum atomic E-state index is -0.996. The lowest BCUT2D eigenvalue weighted by atomic mass is 9.96. The van der Waals surface area contributed by atoms with Crippen LogP contribution in [0.25, 0.3) is 5.69 Å². The van der Waals surface area contributed by atoms with E-state index in [0.717, 1.165) is 23.4 Å². The fourth-order valence-electron chi connectivity index (χ4n) is 2.94. The molecule has 0 bridgehead atoms. The summed E-state index contributed by atoms with van der Waals surface area (Å²) in [5, 5.41) is 21.6. The van der Waals surface area contributed by atoms with Gasteiger partial charge in [-0.3, -0.25) is 0 Å². The number of aliphatic imine (C=N–C) groups is 1. The number of aliphatic hydroxyl groups is 1. The normalized spacial score (nSPS) is 13.3. The third-order valence-corrected chi connectivity index (χ3v) is 4.49. The molecule has 0 fully saturated rings. The van der Waals surface area contributed by atoms with Crippen molar-refractivity contribution in [2.24, 2.45) is 4.99 Å². The lowest BCUT2D eigenvalue weighted by Crippen LogP contribution is -2.44. The monoisotopic (exact) mass is 505 g/mol. The molecule has 0 amide bonds. The molecule has 154 valence electrons. The predicted octanol–water partition coefficient (Wildman–Crippen LogP) is 3.45. The summed E-state index contributed by atoms with van der Waals surface area (Å²) in [7, 11) is 0. The maximum absolute atomic E-state index is 10.8. The fraction of sp³-hybridized carbons (Fsp3) is 0.273. The molecule has 7 heteroatoms. The number of hydrogen-bond acceptors (Lipinski definition) is 3. The van der Waals surface area contributed by atoms with Crippen molar-refractivity contribution in [1.82, 2.24) is 20.4 Å². The van der Waals surface area contributed by atoms with Crippen LogP contribution in [-0.4, -0.2) is 33.9 Å². The van der Waals surface area contributed by atoms with Crippen LogP contribution in [0.5, 0.6) is 0 Å². The highest BCUT2D eigenvalue weighted by molar-refractivity contribution is 14.0.